The van der Waals surface area contributed by atoms with E-state index in [1.165, 1.54) is 6.07 Å². The van der Waals surface area contributed by atoms with Crippen molar-refractivity contribution in [2.24, 2.45) is 11.7 Å². The summed E-state index contributed by atoms with van der Waals surface area (Å²) in [6.07, 6.45) is 4.13. The Morgan fingerprint density at radius 1 is 1.50 bits per heavy atom. The Labute approximate surface area is 121 Å². The van der Waals surface area contributed by atoms with Crippen molar-refractivity contribution in [3.63, 3.8) is 0 Å². The van der Waals surface area contributed by atoms with Crippen molar-refractivity contribution in [2.75, 3.05) is 13.2 Å². The van der Waals surface area contributed by atoms with E-state index in [1.807, 2.05) is 0 Å². The van der Waals surface area contributed by atoms with Gasteiger partial charge in [-0.1, -0.05) is 17.7 Å². The smallest absolute Gasteiger partial charge is 0.165 e. The number of hydrogen-bond acceptors (Lipinski definition) is 3. The van der Waals surface area contributed by atoms with Gasteiger partial charge in [-0.05, 0) is 18.6 Å². The minimum atomic E-state index is -0.469. The molecular weight excluding hydrogens is 281 g/mol. The maximum atomic E-state index is 14.1. The van der Waals surface area contributed by atoms with Crippen LogP contribution < -0.4 is 5.73 Å². The number of halogens is 2. The highest BCUT2D eigenvalue weighted by Gasteiger charge is 2.27. The summed E-state index contributed by atoms with van der Waals surface area (Å²) in [7, 11) is 0. The molecule has 6 heteroatoms. The molecule has 0 radical (unpaired) electrons. The Balaban J connectivity index is 1.99. The van der Waals surface area contributed by atoms with Gasteiger partial charge in [-0.25, -0.2) is 9.37 Å². The van der Waals surface area contributed by atoms with Crippen LogP contribution in [0, 0.1) is 11.7 Å². The zero-order chi connectivity index (χ0) is 14.1. The third-order valence-corrected chi connectivity index (χ3v) is 3.96. The van der Waals surface area contributed by atoms with E-state index in [2.05, 4.69) is 4.98 Å². The van der Waals surface area contributed by atoms with Gasteiger partial charge in [-0.2, -0.15) is 0 Å². The maximum absolute atomic E-state index is 14.1. The van der Waals surface area contributed by atoms with Crippen molar-refractivity contribution in [3.8, 4) is 5.69 Å². The molecule has 2 atom stereocenters. The zero-order valence-electron chi connectivity index (χ0n) is 10.8. The van der Waals surface area contributed by atoms with Gasteiger partial charge < -0.3 is 10.5 Å². The van der Waals surface area contributed by atoms with E-state index in [0.29, 0.717) is 12.3 Å². The summed E-state index contributed by atoms with van der Waals surface area (Å²) in [4.78, 5) is 4.09. The fourth-order valence-corrected chi connectivity index (χ4v) is 2.68. The largest absolute Gasteiger partial charge is 0.381 e. The van der Waals surface area contributed by atoms with E-state index in [9.17, 15) is 4.39 Å². The highest BCUT2D eigenvalue weighted by molar-refractivity contribution is 6.30. The first-order chi connectivity index (χ1) is 9.68. The van der Waals surface area contributed by atoms with Crippen molar-refractivity contribution in [2.45, 2.75) is 12.5 Å². The molecule has 1 saturated heterocycles. The van der Waals surface area contributed by atoms with E-state index < -0.39 is 5.82 Å². The number of aromatic nitrogens is 2. The molecule has 1 aliphatic heterocycles. The summed E-state index contributed by atoms with van der Waals surface area (Å²) < 4.78 is 21.2. The number of ether oxygens (including phenoxy) is 1. The van der Waals surface area contributed by atoms with Gasteiger partial charge in [0, 0.05) is 12.5 Å². The van der Waals surface area contributed by atoms with Gasteiger partial charge in [0.1, 0.15) is 0 Å². The lowest BCUT2D eigenvalue weighted by atomic mass is 9.97. The second kappa shape index (κ2) is 5.52. The second-order valence-electron chi connectivity index (χ2n) is 4.91. The molecule has 4 nitrogen and oxygen atoms in total. The summed E-state index contributed by atoms with van der Waals surface area (Å²) in [6.45, 7) is 1.35. The third kappa shape index (κ3) is 2.32. The molecule has 20 heavy (non-hydrogen) atoms. The van der Waals surface area contributed by atoms with Crippen molar-refractivity contribution >= 4 is 11.6 Å². The van der Waals surface area contributed by atoms with Crippen molar-refractivity contribution in [3.05, 3.63) is 47.3 Å². The molecule has 1 aliphatic rings. The molecule has 2 heterocycles. The molecule has 0 spiro atoms. The number of nitrogens with two attached hydrogens (primary N) is 1. The molecule has 2 unspecified atom stereocenters. The maximum Gasteiger partial charge on any atom is 0.165 e. The molecule has 2 N–H and O–H groups in total. The number of nitrogens with zero attached hydrogens (tertiary/aromatic N) is 2. The lowest BCUT2D eigenvalue weighted by Crippen LogP contribution is -2.24. The van der Waals surface area contributed by atoms with E-state index >= 15 is 0 Å². The molecule has 0 bridgehead atoms. The minimum Gasteiger partial charge on any atom is -0.381 e. The topological polar surface area (TPSA) is 53.1 Å². The van der Waals surface area contributed by atoms with Gasteiger partial charge >= 0.3 is 0 Å². The average Bonchev–Trinajstić information content (AvgIpc) is 3.11. The monoisotopic (exact) mass is 295 g/mol. The lowest BCUT2D eigenvalue weighted by Gasteiger charge is -2.19. The Kier molecular flexibility index (Phi) is 3.74. The van der Waals surface area contributed by atoms with Crippen LogP contribution in [0.1, 0.15) is 18.2 Å². The van der Waals surface area contributed by atoms with E-state index in [4.69, 9.17) is 22.1 Å². The zero-order valence-corrected chi connectivity index (χ0v) is 11.6. The van der Waals surface area contributed by atoms with Crippen molar-refractivity contribution in [1.29, 1.82) is 0 Å². The fraction of sp³-hybridized carbons (Fsp3) is 0.357. The summed E-state index contributed by atoms with van der Waals surface area (Å²) in [5.74, 6) is -0.240. The molecule has 1 aromatic carbocycles. The highest BCUT2D eigenvalue weighted by atomic mass is 35.5. The Bertz CT molecular complexity index is 610. The van der Waals surface area contributed by atoms with E-state index in [0.717, 1.165) is 18.7 Å². The predicted octanol–water partition coefficient (Wildman–Crippen LogP) is 2.70. The van der Waals surface area contributed by atoms with Gasteiger partial charge in [0.25, 0.3) is 0 Å². The van der Waals surface area contributed by atoms with Gasteiger partial charge in [-0.3, -0.25) is 4.57 Å². The van der Waals surface area contributed by atoms with Crippen LogP contribution in [-0.4, -0.2) is 22.8 Å². The Hall–Kier alpha value is -1.43. The standard InChI is InChI=1S/C14H15ClFN3O/c15-10-2-1-3-11(13(10)16)19-8-18-6-12(19)14(17)9-4-5-20-7-9/h1-3,6,8-9,14H,4-5,7,17H2. The molecule has 3 rings (SSSR count). The Morgan fingerprint density at radius 3 is 3.10 bits per heavy atom. The number of rotatable bonds is 3. The van der Waals surface area contributed by atoms with Crippen LogP contribution in [0.3, 0.4) is 0 Å². The molecule has 0 amide bonds. The number of hydrogen-bond donors (Lipinski definition) is 1. The summed E-state index contributed by atoms with van der Waals surface area (Å²) >= 11 is 5.83. The number of imidazole rings is 1. The number of benzene rings is 1. The average molecular weight is 296 g/mol. The second-order valence-corrected chi connectivity index (χ2v) is 5.32. The summed E-state index contributed by atoms with van der Waals surface area (Å²) in [5, 5.41) is 0.0833. The van der Waals surface area contributed by atoms with Crippen LogP contribution in [0.2, 0.25) is 5.02 Å². The molecule has 1 aromatic heterocycles. The van der Waals surface area contributed by atoms with Crippen LogP contribution in [-0.2, 0) is 4.74 Å². The van der Waals surface area contributed by atoms with Gasteiger partial charge in [0.2, 0.25) is 0 Å². The first-order valence-electron chi connectivity index (χ1n) is 6.48. The Morgan fingerprint density at radius 2 is 2.35 bits per heavy atom. The molecular formula is C14H15ClFN3O. The van der Waals surface area contributed by atoms with Crippen LogP contribution in [0.25, 0.3) is 5.69 Å². The molecule has 0 aliphatic carbocycles. The van der Waals surface area contributed by atoms with E-state index in [-0.39, 0.29) is 17.0 Å². The van der Waals surface area contributed by atoms with Crippen LogP contribution >= 0.6 is 11.6 Å². The lowest BCUT2D eigenvalue weighted by molar-refractivity contribution is 0.180. The van der Waals surface area contributed by atoms with E-state index in [1.54, 1.807) is 29.2 Å². The van der Waals surface area contributed by atoms with Crippen LogP contribution in [0.15, 0.2) is 30.7 Å². The van der Waals surface area contributed by atoms with Crippen molar-refractivity contribution < 1.29 is 9.13 Å². The molecule has 106 valence electrons. The van der Waals surface area contributed by atoms with Gasteiger partial charge in [0.15, 0.2) is 5.82 Å². The normalized spacial score (nSPS) is 20.2. The minimum absolute atomic E-state index is 0.0833. The van der Waals surface area contributed by atoms with Crippen molar-refractivity contribution in [1.82, 2.24) is 9.55 Å². The molecule has 2 aromatic rings. The fourth-order valence-electron chi connectivity index (χ4n) is 2.51. The third-order valence-electron chi connectivity index (χ3n) is 3.67. The van der Waals surface area contributed by atoms with Gasteiger partial charge in [0.05, 0.1) is 41.6 Å². The predicted molar refractivity (Wildman–Crippen MR) is 74.4 cm³/mol. The highest BCUT2D eigenvalue weighted by Crippen LogP contribution is 2.29. The SMILES string of the molecule is NC(c1cncn1-c1cccc(Cl)c1F)C1CCOC1. The van der Waals surface area contributed by atoms with Crippen LogP contribution in [0.5, 0.6) is 0 Å². The first-order valence-corrected chi connectivity index (χ1v) is 6.86. The van der Waals surface area contributed by atoms with Gasteiger partial charge in [-0.15, -0.1) is 0 Å². The summed E-state index contributed by atoms with van der Waals surface area (Å²) in [6, 6.07) is 4.64. The first kappa shape index (κ1) is 13.5. The summed E-state index contributed by atoms with van der Waals surface area (Å²) in [5.41, 5.74) is 7.40. The molecule has 1 fully saturated rings. The molecule has 0 saturated carbocycles. The van der Waals surface area contributed by atoms with Crippen LogP contribution in [0.4, 0.5) is 4.39 Å². The quantitative estimate of drug-likeness (QED) is 0.947.